The molecule has 2 N–H and O–H groups in total. The van der Waals surface area contributed by atoms with Crippen molar-refractivity contribution >= 4 is 0 Å². The van der Waals surface area contributed by atoms with E-state index in [0.29, 0.717) is 6.04 Å². The van der Waals surface area contributed by atoms with Gasteiger partial charge in [0.05, 0.1) is 0 Å². The van der Waals surface area contributed by atoms with E-state index in [1.165, 1.54) is 12.8 Å². The molecular weight excluding hydrogens is 166 g/mol. The Morgan fingerprint density at radius 3 is 2.46 bits per heavy atom. The van der Waals surface area contributed by atoms with Crippen molar-refractivity contribution in [3.63, 3.8) is 0 Å². The van der Waals surface area contributed by atoms with E-state index < -0.39 is 6.23 Å². The van der Waals surface area contributed by atoms with Crippen LogP contribution in [0, 0.1) is 6.92 Å². The highest BCUT2D eigenvalue weighted by atomic mass is 16.3. The maximum Gasteiger partial charge on any atom is 0.107 e. The van der Waals surface area contributed by atoms with Gasteiger partial charge in [0, 0.05) is 19.2 Å². The normalized spacial score (nSPS) is 21.2. The van der Waals surface area contributed by atoms with Crippen LogP contribution in [-0.4, -0.2) is 40.5 Å². The summed E-state index contributed by atoms with van der Waals surface area (Å²) in [5, 5.41) is 18.1. The van der Waals surface area contributed by atoms with Crippen molar-refractivity contribution in [1.29, 1.82) is 0 Å². The van der Waals surface area contributed by atoms with Gasteiger partial charge in [0.1, 0.15) is 6.23 Å². The van der Waals surface area contributed by atoms with Crippen LogP contribution in [0.3, 0.4) is 0 Å². The molecular formula is C10H20NO2. The smallest absolute Gasteiger partial charge is 0.107 e. The van der Waals surface area contributed by atoms with Gasteiger partial charge < -0.3 is 10.2 Å². The van der Waals surface area contributed by atoms with Crippen LogP contribution in [0.15, 0.2) is 0 Å². The van der Waals surface area contributed by atoms with Crippen LogP contribution < -0.4 is 0 Å². The summed E-state index contributed by atoms with van der Waals surface area (Å²) in [6, 6.07) is 0.485. The van der Waals surface area contributed by atoms with E-state index in [4.69, 9.17) is 5.11 Å². The first-order valence-corrected chi connectivity index (χ1v) is 5.13. The van der Waals surface area contributed by atoms with Crippen molar-refractivity contribution in [1.82, 2.24) is 4.90 Å². The van der Waals surface area contributed by atoms with Gasteiger partial charge in [-0.3, -0.25) is 4.90 Å². The molecule has 0 spiro atoms. The summed E-state index contributed by atoms with van der Waals surface area (Å²) < 4.78 is 0. The molecule has 1 rings (SSSR count). The van der Waals surface area contributed by atoms with Gasteiger partial charge in [0.25, 0.3) is 0 Å². The molecule has 1 radical (unpaired) electrons. The molecule has 1 atom stereocenters. The largest absolute Gasteiger partial charge is 0.396 e. The number of aliphatic hydroxyl groups excluding tert-OH is 2. The third-order valence-electron chi connectivity index (χ3n) is 2.75. The summed E-state index contributed by atoms with van der Waals surface area (Å²) in [6.45, 7) is 4.58. The molecule has 1 aliphatic rings. The zero-order chi connectivity index (χ0) is 9.68. The predicted octanol–water partition coefficient (Wildman–Crippen LogP) is 0.766. The van der Waals surface area contributed by atoms with Crippen molar-refractivity contribution in [2.45, 2.75) is 44.4 Å². The Morgan fingerprint density at radius 2 is 2.00 bits per heavy atom. The average Bonchev–Trinajstić information content (AvgIpc) is 2.57. The maximum atomic E-state index is 9.43. The molecule has 0 aromatic carbocycles. The van der Waals surface area contributed by atoms with Gasteiger partial charge in [-0.2, -0.15) is 0 Å². The Labute approximate surface area is 80.4 Å². The second-order valence-electron chi connectivity index (χ2n) is 3.73. The van der Waals surface area contributed by atoms with Crippen LogP contribution in [0.5, 0.6) is 0 Å². The summed E-state index contributed by atoms with van der Waals surface area (Å²) in [7, 11) is 0. The van der Waals surface area contributed by atoms with Crippen LogP contribution in [0.4, 0.5) is 0 Å². The molecule has 1 aliphatic carbocycles. The second-order valence-corrected chi connectivity index (χ2v) is 3.73. The molecule has 1 unspecified atom stereocenters. The zero-order valence-corrected chi connectivity index (χ0v) is 8.15. The highest BCUT2D eigenvalue weighted by molar-refractivity contribution is 4.79. The SMILES string of the molecule is [CH2]C(O)N(CCCO)C1CCCC1. The predicted molar refractivity (Wildman–Crippen MR) is 52.0 cm³/mol. The number of hydrogen-bond donors (Lipinski definition) is 2. The van der Waals surface area contributed by atoms with E-state index in [2.05, 4.69) is 6.92 Å². The Bertz CT molecular complexity index is 133. The number of aliphatic hydroxyl groups is 2. The minimum atomic E-state index is -0.616. The number of hydrogen-bond acceptors (Lipinski definition) is 3. The lowest BCUT2D eigenvalue weighted by molar-refractivity contribution is 0.00495. The van der Waals surface area contributed by atoms with Crippen molar-refractivity contribution in [3.05, 3.63) is 6.92 Å². The van der Waals surface area contributed by atoms with E-state index in [9.17, 15) is 5.11 Å². The van der Waals surface area contributed by atoms with E-state index in [1.807, 2.05) is 4.90 Å². The van der Waals surface area contributed by atoms with Crippen LogP contribution in [0.25, 0.3) is 0 Å². The fourth-order valence-corrected chi connectivity index (χ4v) is 2.06. The first kappa shape index (κ1) is 11.0. The molecule has 0 heterocycles. The zero-order valence-electron chi connectivity index (χ0n) is 8.15. The van der Waals surface area contributed by atoms with Gasteiger partial charge in [-0.15, -0.1) is 0 Å². The van der Waals surface area contributed by atoms with E-state index in [0.717, 1.165) is 25.8 Å². The third kappa shape index (κ3) is 3.25. The number of rotatable bonds is 5. The van der Waals surface area contributed by atoms with E-state index >= 15 is 0 Å². The first-order valence-electron chi connectivity index (χ1n) is 5.13. The fraction of sp³-hybridized carbons (Fsp3) is 0.900. The van der Waals surface area contributed by atoms with Gasteiger partial charge in [-0.1, -0.05) is 12.8 Å². The number of nitrogens with zero attached hydrogens (tertiary/aromatic N) is 1. The highest BCUT2D eigenvalue weighted by Crippen LogP contribution is 2.24. The molecule has 0 aromatic heterocycles. The highest BCUT2D eigenvalue weighted by Gasteiger charge is 2.24. The molecule has 0 aromatic rings. The molecule has 1 saturated carbocycles. The van der Waals surface area contributed by atoms with E-state index in [-0.39, 0.29) is 6.61 Å². The third-order valence-corrected chi connectivity index (χ3v) is 2.75. The summed E-state index contributed by atoms with van der Waals surface area (Å²) in [6.07, 6.45) is 4.95. The monoisotopic (exact) mass is 186 g/mol. The van der Waals surface area contributed by atoms with Crippen LogP contribution in [0.2, 0.25) is 0 Å². The van der Waals surface area contributed by atoms with Gasteiger partial charge in [-0.25, -0.2) is 0 Å². The Balaban J connectivity index is 2.36. The topological polar surface area (TPSA) is 43.7 Å². The second kappa shape index (κ2) is 5.58. The Hall–Kier alpha value is -0.120. The lowest BCUT2D eigenvalue weighted by Gasteiger charge is -2.31. The summed E-state index contributed by atoms with van der Waals surface area (Å²) in [4.78, 5) is 2.00. The van der Waals surface area contributed by atoms with Crippen molar-refractivity contribution < 1.29 is 10.2 Å². The van der Waals surface area contributed by atoms with Crippen molar-refractivity contribution in [3.8, 4) is 0 Å². The standard InChI is InChI=1S/C10H20NO2/c1-9(13)11(7-4-8-12)10-5-2-3-6-10/h9-10,12-13H,1-8H2. The molecule has 77 valence electrons. The molecule has 0 amide bonds. The summed E-state index contributed by atoms with van der Waals surface area (Å²) >= 11 is 0. The minimum absolute atomic E-state index is 0.190. The molecule has 0 bridgehead atoms. The fourth-order valence-electron chi connectivity index (χ4n) is 2.06. The maximum absolute atomic E-state index is 9.43. The quantitative estimate of drug-likeness (QED) is 0.623. The van der Waals surface area contributed by atoms with Crippen molar-refractivity contribution in [2.75, 3.05) is 13.2 Å². The van der Waals surface area contributed by atoms with Gasteiger partial charge in [-0.05, 0) is 26.2 Å². The van der Waals surface area contributed by atoms with Crippen LogP contribution in [-0.2, 0) is 0 Å². The van der Waals surface area contributed by atoms with Crippen molar-refractivity contribution in [2.24, 2.45) is 0 Å². The minimum Gasteiger partial charge on any atom is -0.396 e. The summed E-state index contributed by atoms with van der Waals surface area (Å²) in [5.41, 5.74) is 0. The lowest BCUT2D eigenvalue weighted by atomic mass is 10.2. The molecule has 3 heteroatoms. The first-order chi connectivity index (χ1) is 6.25. The molecule has 0 aliphatic heterocycles. The van der Waals surface area contributed by atoms with Gasteiger partial charge >= 0.3 is 0 Å². The molecule has 13 heavy (non-hydrogen) atoms. The Morgan fingerprint density at radius 1 is 1.38 bits per heavy atom. The van der Waals surface area contributed by atoms with Gasteiger partial charge in [0.15, 0.2) is 0 Å². The summed E-state index contributed by atoms with van der Waals surface area (Å²) in [5.74, 6) is 0. The average molecular weight is 186 g/mol. The Kier molecular flexibility index (Phi) is 4.70. The molecule has 3 nitrogen and oxygen atoms in total. The molecule has 1 fully saturated rings. The van der Waals surface area contributed by atoms with Crippen LogP contribution in [0.1, 0.15) is 32.1 Å². The molecule has 0 saturated heterocycles. The lowest BCUT2D eigenvalue weighted by Crippen LogP contribution is -2.41. The van der Waals surface area contributed by atoms with Gasteiger partial charge in [0.2, 0.25) is 0 Å². The van der Waals surface area contributed by atoms with Crippen LogP contribution >= 0.6 is 0 Å². The van der Waals surface area contributed by atoms with E-state index in [1.54, 1.807) is 0 Å².